The Morgan fingerprint density at radius 1 is 1.43 bits per heavy atom. The highest BCUT2D eigenvalue weighted by Crippen LogP contribution is 2.20. The first kappa shape index (κ1) is 11.6. The summed E-state index contributed by atoms with van der Waals surface area (Å²) in [6.45, 7) is 1.98. The molecule has 14 heavy (non-hydrogen) atoms. The molecular weight excluding hydrogens is 270 g/mol. The third-order valence-corrected chi connectivity index (χ3v) is 3.67. The molecule has 0 aromatic heterocycles. The quantitative estimate of drug-likeness (QED) is 0.854. The molecule has 0 spiro atoms. The third kappa shape index (κ3) is 2.78. The summed E-state index contributed by atoms with van der Waals surface area (Å²) in [6, 6.07) is 6.53. The smallest absolute Gasteiger partial charge is 0.263 e. The van der Waals surface area contributed by atoms with Gasteiger partial charge in [0, 0.05) is 4.47 Å². The van der Waals surface area contributed by atoms with E-state index in [-0.39, 0.29) is 11.5 Å². The van der Waals surface area contributed by atoms with Crippen LogP contribution in [0.25, 0.3) is 0 Å². The fraction of sp³-hybridized carbons (Fsp3) is 0.250. The number of hydrogen-bond acceptors (Lipinski definition) is 3. The molecule has 1 N–H and O–H groups in total. The summed E-state index contributed by atoms with van der Waals surface area (Å²) >= 11 is 3.15. The van der Waals surface area contributed by atoms with Gasteiger partial charge in [-0.25, -0.2) is 8.42 Å². The zero-order valence-electron chi connectivity index (χ0n) is 7.53. The highest BCUT2D eigenvalue weighted by molar-refractivity contribution is 9.10. The van der Waals surface area contributed by atoms with Crippen LogP contribution in [0.3, 0.4) is 0 Å². The van der Waals surface area contributed by atoms with Crippen molar-refractivity contribution in [1.82, 2.24) is 4.89 Å². The van der Waals surface area contributed by atoms with Gasteiger partial charge in [-0.05, 0) is 35.0 Å². The maximum absolute atomic E-state index is 11.5. The van der Waals surface area contributed by atoms with Crippen molar-refractivity contribution in [2.45, 2.75) is 11.8 Å². The van der Waals surface area contributed by atoms with Crippen LogP contribution in [-0.2, 0) is 14.9 Å². The average Bonchev–Trinajstić information content (AvgIpc) is 2.15. The van der Waals surface area contributed by atoms with E-state index in [9.17, 15) is 8.42 Å². The van der Waals surface area contributed by atoms with Crippen LogP contribution >= 0.6 is 15.9 Å². The van der Waals surface area contributed by atoms with Gasteiger partial charge in [0.25, 0.3) is 10.0 Å². The van der Waals surface area contributed by atoms with Crippen molar-refractivity contribution >= 4 is 26.0 Å². The molecule has 0 bridgehead atoms. The summed E-state index contributed by atoms with van der Waals surface area (Å²) in [5.74, 6) is 0. The molecule has 1 rings (SSSR count). The summed E-state index contributed by atoms with van der Waals surface area (Å²) in [6.07, 6.45) is 0. The highest BCUT2D eigenvalue weighted by atomic mass is 79.9. The number of sulfonamides is 1. The molecule has 0 fully saturated rings. The maximum atomic E-state index is 11.5. The number of hydrogen-bond donors (Lipinski definition) is 1. The molecule has 0 saturated carbocycles. The van der Waals surface area contributed by atoms with E-state index in [1.807, 2.05) is 4.89 Å². The Hall–Kier alpha value is -0.430. The van der Waals surface area contributed by atoms with Crippen LogP contribution in [0.4, 0.5) is 0 Å². The largest absolute Gasteiger partial charge is 0.287 e. The van der Waals surface area contributed by atoms with Gasteiger partial charge in [-0.15, -0.1) is 0 Å². The number of rotatable bonds is 4. The van der Waals surface area contributed by atoms with E-state index in [2.05, 4.69) is 20.8 Å². The topological polar surface area (TPSA) is 55.4 Å². The molecule has 1 aromatic carbocycles. The lowest BCUT2D eigenvalue weighted by atomic mass is 10.4. The van der Waals surface area contributed by atoms with Gasteiger partial charge >= 0.3 is 0 Å². The Bertz CT molecular complexity index is 405. The van der Waals surface area contributed by atoms with Crippen LogP contribution in [-0.4, -0.2) is 15.0 Å². The Kier molecular flexibility index (Phi) is 4.06. The van der Waals surface area contributed by atoms with Gasteiger partial charge in [-0.3, -0.25) is 4.84 Å². The summed E-state index contributed by atoms with van der Waals surface area (Å²) in [5.41, 5.74) is 0. The lowest BCUT2D eigenvalue weighted by molar-refractivity contribution is 0.105. The molecule has 0 radical (unpaired) electrons. The third-order valence-electron chi connectivity index (χ3n) is 1.44. The van der Waals surface area contributed by atoms with E-state index >= 15 is 0 Å². The predicted octanol–water partition coefficient (Wildman–Crippen LogP) is 1.68. The normalized spacial score (nSPS) is 11.6. The maximum Gasteiger partial charge on any atom is 0.263 e. The van der Waals surface area contributed by atoms with Crippen molar-refractivity contribution in [2.24, 2.45) is 0 Å². The fourth-order valence-electron chi connectivity index (χ4n) is 0.844. The molecule has 0 unspecified atom stereocenters. The lowest BCUT2D eigenvalue weighted by Crippen LogP contribution is -2.24. The van der Waals surface area contributed by atoms with Crippen LogP contribution < -0.4 is 4.89 Å². The second-order valence-corrected chi connectivity index (χ2v) is 4.92. The molecule has 0 aliphatic rings. The van der Waals surface area contributed by atoms with Crippen molar-refractivity contribution in [2.75, 3.05) is 6.61 Å². The second kappa shape index (κ2) is 4.88. The molecule has 0 saturated heterocycles. The van der Waals surface area contributed by atoms with Crippen molar-refractivity contribution in [3.63, 3.8) is 0 Å². The van der Waals surface area contributed by atoms with E-state index in [4.69, 9.17) is 0 Å². The molecule has 0 amide bonds. The van der Waals surface area contributed by atoms with E-state index in [1.54, 1.807) is 25.1 Å². The van der Waals surface area contributed by atoms with Crippen LogP contribution in [0, 0.1) is 0 Å². The molecule has 0 atom stereocenters. The summed E-state index contributed by atoms with van der Waals surface area (Å²) in [5, 5.41) is 0. The molecule has 0 aliphatic heterocycles. The van der Waals surface area contributed by atoms with Crippen LogP contribution in [0.5, 0.6) is 0 Å². The van der Waals surface area contributed by atoms with Crippen LogP contribution in [0.15, 0.2) is 33.6 Å². The molecule has 0 aliphatic carbocycles. The zero-order valence-corrected chi connectivity index (χ0v) is 9.93. The van der Waals surface area contributed by atoms with E-state index in [0.717, 1.165) is 0 Å². The van der Waals surface area contributed by atoms with Crippen molar-refractivity contribution < 1.29 is 13.3 Å². The number of halogens is 1. The lowest BCUT2D eigenvalue weighted by Gasteiger charge is -2.06. The monoisotopic (exact) mass is 279 g/mol. The van der Waals surface area contributed by atoms with Crippen molar-refractivity contribution in [1.29, 1.82) is 0 Å². The Morgan fingerprint density at radius 2 is 2.07 bits per heavy atom. The number of benzene rings is 1. The van der Waals surface area contributed by atoms with Gasteiger partial charge in [0.1, 0.15) is 0 Å². The van der Waals surface area contributed by atoms with E-state index in [0.29, 0.717) is 4.47 Å². The first-order valence-electron chi connectivity index (χ1n) is 3.96. The van der Waals surface area contributed by atoms with Gasteiger partial charge in [0.2, 0.25) is 0 Å². The van der Waals surface area contributed by atoms with Gasteiger partial charge in [0.05, 0.1) is 11.5 Å². The molecule has 0 heterocycles. The highest BCUT2D eigenvalue weighted by Gasteiger charge is 2.16. The van der Waals surface area contributed by atoms with Gasteiger partial charge in [-0.1, -0.05) is 17.0 Å². The SMILES string of the molecule is CCONS(=O)(=O)c1ccccc1Br. The average molecular weight is 280 g/mol. The number of nitrogens with one attached hydrogen (secondary N) is 1. The van der Waals surface area contributed by atoms with Gasteiger partial charge in [0.15, 0.2) is 0 Å². The summed E-state index contributed by atoms with van der Waals surface area (Å²) < 4.78 is 23.6. The van der Waals surface area contributed by atoms with Gasteiger partial charge < -0.3 is 0 Å². The minimum Gasteiger partial charge on any atom is -0.287 e. The van der Waals surface area contributed by atoms with Crippen LogP contribution in [0.1, 0.15) is 6.92 Å². The van der Waals surface area contributed by atoms with Crippen LogP contribution in [0.2, 0.25) is 0 Å². The summed E-state index contributed by atoms with van der Waals surface area (Å²) in [7, 11) is -3.57. The Morgan fingerprint density at radius 3 is 2.64 bits per heavy atom. The molecule has 1 aromatic rings. The standard InChI is InChI=1S/C8H10BrNO3S/c1-2-13-10-14(11,12)8-6-4-3-5-7(8)9/h3-6,10H,2H2,1H3. The van der Waals surface area contributed by atoms with Crippen molar-refractivity contribution in [3.8, 4) is 0 Å². The minimum absolute atomic E-state index is 0.161. The minimum atomic E-state index is -3.57. The predicted molar refractivity (Wildman–Crippen MR) is 56.1 cm³/mol. The summed E-state index contributed by atoms with van der Waals surface area (Å²) in [4.78, 5) is 6.82. The molecule has 78 valence electrons. The Labute approximate surface area is 91.4 Å². The van der Waals surface area contributed by atoms with E-state index < -0.39 is 10.0 Å². The fourth-order valence-corrected chi connectivity index (χ4v) is 2.71. The molecule has 4 nitrogen and oxygen atoms in total. The first-order chi connectivity index (χ1) is 6.58. The second-order valence-electron chi connectivity index (χ2n) is 2.45. The van der Waals surface area contributed by atoms with Crippen molar-refractivity contribution in [3.05, 3.63) is 28.7 Å². The first-order valence-corrected chi connectivity index (χ1v) is 6.23. The van der Waals surface area contributed by atoms with E-state index in [1.165, 1.54) is 6.07 Å². The molecule has 6 heteroatoms. The Balaban J connectivity index is 2.99. The molecular formula is C8H10BrNO3S. The zero-order chi connectivity index (χ0) is 10.6. The van der Waals surface area contributed by atoms with Gasteiger partial charge in [-0.2, -0.15) is 0 Å².